The zero-order valence-corrected chi connectivity index (χ0v) is 9.03. The van der Waals surface area contributed by atoms with Crippen molar-refractivity contribution in [2.45, 2.75) is 18.7 Å². The van der Waals surface area contributed by atoms with Crippen LogP contribution in [0.4, 0.5) is 0 Å². The fourth-order valence-electron chi connectivity index (χ4n) is 0.815. The zero-order chi connectivity index (χ0) is 7.72. The molecule has 0 saturated heterocycles. The second kappa shape index (κ2) is 3.13. The molecule has 0 aliphatic heterocycles. The van der Waals surface area contributed by atoms with Gasteiger partial charge in [0.15, 0.2) is 0 Å². The zero-order valence-electron chi connectivity index (χ0n) is 5.98. The van der Waals surface area contributed by atoms with Crippen molar-refractivity contribution in [3.63, 3.8) is 0 Å². The van der Waals surface area contributed by atoms with Gasteiger partial charge in [0.1, 0.15) is 0 Å². The fraction of sp³-hybridized carbons (Fsp3) is 0.250. The molecule has 0 fully saturated rings. The highest BCUT2D eigenvalue weighted by Crippen LogP contribution is 2.19. The molecule has 0 atom stereocenters. The van der Waals surface area contributed by atoms with Crippen molar-refractivity contribution < 1.29 is 0 Å². The van der Waals surface area contributed by atoms with Gasteiger partial charge in [0.05, 0.1) is 0 Å². The quantitative estimate of drug-likeness (QED) is 0.540. The summed E-state index contributed by atoms with van der Waals surface area (Å²) in [6, 6.07) is 4.25. The molecule has 1 aromatic carbocycles. The van der Waals surface area contributed by atoms with Gasteiger partial charge in [-0.1, -0.05) is 6.07 Å². The highest BCUT2D eigenvalue weighted by molar-refractivity contribution is 14.1. The number of aryl methyl sites for hydroxylation is 2. The van der Waals surface area contributed by atoms with Crippen molar-refractivity contribution in [2.24, 2.45) is 0 Å². The Labute approximate surface area is 80.6 Å². The van der Waals surface area contributed by atoms with Crippen LogP contribution in [0.5, 0.6) is 0 Å². The van der Waals surface area contributed by atoms with E-state index in [0.29, 0.717) is 0 Å². The Morgan fingerprint density at radius 3 is 2.30 bits per heavy atom. The number of thiol groups is 1. The summed E-state index contributed by atoms with van der Waals surface area (Å²) in [5.74, 6) is 0. The monoisotopic (exact) mass is 264 g/mol. The largest absolute Gasteiger partial charge is 0.143 e. The molecule has 0 nitrogen and oxygen atoms in total. The Hall–Kier alpha value is 0.300. The van der Waals surface area contributed by atoms with Crippen LogP contribution >= 0.6 is 35.2 Å². The second-order valence-electron chi connectivity index (χ2n) is 2.39. The van der Waals surface area contributed by atoms with E-state index in [2.05, 4.69) is 61.2 Å². The molecule has 1 rings (SSSR count). The lowest BCUT2D eigenvalue weighted by molar-refractivity contribution is 1.25. The Balaban J connectivity index is 3.28. The predicted molar refractivity (Wildman–Crippen MR) is 55.9 cm³/mol. The molecule has 0 unspecified atom stereocenters. The van der Waals surface area contributed by atoms with Gasteiger partial charge in [0.2, 0.25) is 0 Å². The normalized spacial score (nSPS) is 10.0. The standard InChI is InChI=1S/C8H9IS/c1-5-3-6(2)8(10)4-7(5)9/h3-4,10H,1-2H3. The van der Waals surface area contributed by atoms with Crippen LogP contribution in [-0.2, 0) is 0 Å². The van der Waals surface area contributed by atoms with Crippen molar-refractivity contribution in [1.29, 1.82) is 0 Å². The first kappa shape index (κ1) is 8.40. The van der Waals surface area contributed by atoms with Gasteiger partial charge in [0, 0.05) is 8.47 Å². The molecule has 0 bridgehead atoms. The first-order valence-corrected chi connectivity index (χ1v) is 4.59. The van der Waals surface area contributed by atoms with Crippen LogP contribution in [0.3, 0.4) is 0 Å². The maximum absolute atomic E-state index is 4.31. The van der Waals surface area contributed by atoms with E-state index in [9.17, 15) is 0 Å². The Morgan fingerprint density at radius 1 is 1.20 bits per heavy atom. The molecule has 0 N–H and O–H groups in total. The van der Waals surface area contributed by atoms with Crippen LogP contribution in [0, 0.1) is 17.4 Å². The van der Waals surface area contributed by atoms with Crippen LogP contribution in [0.15, 0.2) is 17.0 Å². The average Bonchev–Trinajstić information content (AvgIpc) is 1.84. The minimum Gasteiger partial charge on any atom is -0.143 e. The third-order valence-corrected chi connectivity index (χ3v) is 3.12. The van der Waals surface area contributed by atoms with Crippen molar-refractivity contribution >= 4 is 35.2 Å². The number of rotatable bonds is 0. The lowest BCUT2D eigenvalue weighted by Crippen LogP contribution is -1.83. The number of hydrogen-bond donors (Lipinski definition) is 1. The van der Waals surface area contributed by atoms with E-state index >= 15 is 0 Å². The molecule has 1 aromatic rings. The highest BCUT2D eigenvalue weighted by Gasteiger charge is 1.97. The molecule has 0 radical (unpaired) electrons. The predicted octanol–water partition coefficient (Wildman–Crippen LogP) is 3.20. The molecule has 0 heterocycles. The molecule has 0 spiro atoms. The molecule has 0 aliphatic carbocycles. The number of halogens is 1. The topological polar surface area (TPSA) is 0 Å². The lowest BCUT2D eigenvalue weighted by Gasteiger charge is -2.02. The molecule has 10 heavy (non-hydrogen) atoms. The first-order valence-electron chi connectivity index (χ1n) is 3.07. The van der Waals surface area contributed by atoms with Crippen molar-refractivity contribution in [2.75, 3.05) is 0 Å². The summed E-state index contributed by atoms with van der Waals surface area (Å²) >= 11 is 6.63. The van der Waals surface area contributed by atoms with Crippen LogP contribution in [0.1, 0.15) is 11.1 Å². The van der Waals surface area contributed by atoms with Crippen molar-refractivity contribution in [3.05, 3.63) is 26.8 Å². The summed E-state index contributed by atoms with van der Waals surface area (Å²) < 4.78 is 1.29. The summed E-state index contributed by atoms with van der Waals surface area (Å²) in [4.78, 5) is 1.08. The molecule has 0 aromatic heterocycles. The highest BCUT2D eigenvalue weighted by atomic mass is 127. The van der Waals surface area contributed by atoms with Gasteiger partial charge in [-0.3, -0.25) is 0 Å². The summed E-state index contributed by atoms with van der Waals surface area (Å²) in [7, 11) is 0. The maximum Gasteiger partial charge on any atom is 0.0170 e. The molecule has 0 saturated carbocycles. The van der Waals surface area contributed by atoms with Gasteiger partial charge < -0.3 is 0 Å². The Morgan fingerprint density at radius 2 is 1.80 bits per heavy atom. The first-order chi connectivity index (χ1) is 4.61. The van der Waals surface area contributed by atoms with Gasteiger partial charge in [-0.05, 0) is 53.6 Å². The summed E-state index contributed by atoms with van der Waals surface area (Å²) in [5, 5.41) is 0. The minimum absolute atomic E-state index is 1.08. The van der Waals surface area contributed by atoms with E-state index in [1.54, 1.807) is 0 Å². The summed E-state index contributed by atoms with van der Waals surface area (Å²) in [6.07, 6.45) is 0. The van der Waals surface area contributed by atoms with E-state index in [0.717, 1.165) is 4.90 Å². The molecule has 0 aliphatic rings. The lowest BCUT2D eigenvalue weighted by atomic mass is 10.2. The SMILES string of the molecule is Cc1cc(C)c(I)cc1S. The average molecular weight is 264 g/mol. The molecular weight excluding hydrogens is 255 g/mol. The smallest absolute Gasteiger partial charge is 0.0170 e. The van der Waals surface area contributed by atoms with Crippen LogP contribution in [0.25, 0.3) is 0 Å². The van der Waals surface area contributed by atoms with Crippen LogP contribution < -0.4 is 0 Å². The van der Waals surface area contributed by atoms with Gasteiger partial charge in [-0.15, -0.1) is 12.6 Å². The van der Waals surface area contributed by atoms with Crippen LogP contribution in [-0.4, -0.2) is 0 Å². The fourth-order valence-corrected chi connectivity index (χ4v) is 1.72. The molecule has 2 heteroatoms. The molecule has 0 amide bonds. The third-order valence-electron chi connectivity index (χ3n) is 1.48. The minimum atomic E-state index is 1.08. The van der Waals surface area contributed by atoms with E-state index in [1.165, 1.54) is 14.7 Å². The van der Waals surface area contributed by atoms with Crippen molar-refractivity contribution in [3.8, 4) is 0 Å². The van der Waals surface area contributed by atoms with Gasteiger partial charge >= 0.3 is 0 Å². The number of benzene rings is 1. The van der Waals surface area contributed by atoms with E-state index in [-0.39, 0.29) is 0 Å². The molecular formula is C8H9IS. The van der Waals surface area contributed by atoms with Gasteiger partial charge in [-0.2, -0.15) is 0 Å². The summed E-state index contributed by atoms with van der Waals surface area (Å²) in [6.45, 7) is 4.19. The Kier molecular flexibility index (Phi) is 2.63. The summed E-state index contributed by atoms with van der Waals surface area (Å²) in [5.41, 5.74) is 2.58. The van der Waals surface area contributed by atoms with Crippen LogP contribution in [0.2, 0.25) is 0 Å². The van der Waals surface area contributed by atoms with Crippen molar-refractivity contribution in [1.82, 2.24) is 0 Å². The van der Waals surface area contributed by atoms with E-state index in [4.69, 9.17) is 0 Å². The maximum atomic E-state index is 4.31. The van der Waals surface area contributed by atoms with Gasteiger partial charge in [0.25, 0.3) is 0 Å². The second-order valence-corrected chi connectivity index (χ2v) is 4.03. The van der Waals surface area contributed by atoms with E-state index < -0.39 is 0 Å². The van der Waals surface area contributed by atoms with Gasteiger partial charge in [-0.25, -0.2) is 0 Å². The van der Waals surface area contributed by atoms with E-state index in [1.807, 2.05) is 0 Å². The third kappa shape index (κ3) is 1.66. The Bertz CT molecular complexity index is 205. The number of hydrogen-bond acceptors (Lipinski definition) is 1. The molecule has 54 valence electrons.